The predicted octanol–water partition coefficient (Wildman–Crippen LogP) is 3.39. The summed E-state index contributed by atoms with van der Waals surface area (Å²) in [7, 11) is 0. The van der Waals surface area contributed by atoms with Crippen LogP contribution in [0, 0.1) is 5.82 Å². The maximum Gasteiger partial charge on any atom is 0.123 e. The second-order valence-corrected chi connectivity index (χ2v) is 5.16. The van der Waals surface area contributed by atoms with Crippen molar-refractivity contribution in [1.29, 1.82) is 0 Å². The van der Waals surface area contributed by atoms with Gasteiger partial charge in [-0.05, 0) is 54.7 Å². The van der Waals surface area contributed by atoms with Crippen molar-refractivity contribution >= 4 is 0 Å². The monoisotopic (exact) mass is 256 g/mol. The van der Waals surface area contributed by atoms with Crippen LogP contribution < -0.4 is 5.32 Å². The summed E-state index contributed by atoms with van der Waals surface area (Å²) in [5.41, 5.74) is 2.32. The smallest absolute Gasteiger partial charge is 0.123 e. The van der Waals surface area contributed by atoms with Gasteiger partial charge < -0.3 is 5.32 Å². The van der Waals surface area contributed by atoms with E-state index in [1.807, 2.05) is 18.5 Å². The first-order valence-corrected chi connectivity index (χ1v) is 6.68. The molecule has 1 aromatic carbocycles. The second-order valence-electron chi connectivity index (χ2n) is 5.16. The number of pyridine rings is 1. The third kappa shape index (κ3) is 2.51. The molecule has 0 amide bonds. The van der Waals surface area contributed by atoms with Gasteiger partial charge in [-0.3, -0.25) is 4.98 Å². The average molecular weight is 256 g/mol. The Labute approximate surface area is 112 Å². The fourth-order valence-electron chi connectivity index (χ4n) is 2.69. The molecule has 1 aromatic heterocycles. The quantitative estimate of drug-likeness (QED) is 0.907. The molecule has 0 atom stereocenters. The largest absolute Gasteiger partial charge is 0.303 e. The number of benzene rings is 1. The fourth-order valence-corrected chi connectivity index (χ4v) is 2.69. The molecule has 2 aromatic rings. The van der Waals surface area contributed by atoms with Crippen LogP contribution >= 0.6 is 0 Å². The summed E-state index contributed by atoms with van der Waals surface area (Å²) < 4.78 is 13.2. The van der Waals surface area contributed by atoms with Crippen molar-refractivity contribution in [2.45, 2.75) is 31.3 Å². The summed E-state index contributed by atoms with van der Waals surface area (Å²) >= 11 is 0. The zero-order valence-corrected chi connectivity index (χ0v) is 10.8. The first kappa shape index (κ1) is 12.3. The molecule has 98 valence electrons. The highest BCUT2D eigenvalue weighted by Crippen LogP contribution is 2.41. The lowest BCUT2D eigenvalue weighted by Crippen LogP contribution is -2.47. The molecule has 1 N–H and O–H groups in total. The third-order valence-electron chi connectivity index (χ3n) is 3.96. The van der Waals surface area contributed by atoms with Crippen molar-refractivity contribution in [3.05, 3.63) is 65.7 Å². The molecular formula is C16H17FN2. The number of aromatic nitrogens is 1. The van der Waals surface area contributed by atoms with Crippen LogP contribution in [-0.2, 0) is 12.1 Å². The molecule has 0 aliphatic heterocycles. The lowest BCUT2D eigenvalue weighted by Gasteiger charge is -2.43. The van der Waals surface area contributed by atoms with E-state index in [0.29, 0.717) is 6.54 Å². The summed E-state index contributed by atoms with van der Waals surface area (Å²) in [6.07, 6.45) is 7.16. The number of halogens is 1. The summed E-state index contributed by atoms with van der Waals surface area (Å²) in [4.78, 5) is 4.07. The zero-order valence-electron chi connectivity index (χ0n) is 10.8. The molecule has 1 aliphatic rings. The number of hydrogen-bond donors (Lipinski definition) is 1. The summed E-state index contributed by atoms with van der Waals surface area (Å²) in [6, 6.07) is 10.9. The number of hydrogen-bond acceptors (Lipinski definition) is 2. The van der Waals surface area contributed by atoms with Crippen LogP contribution in [0.15, 0.2) is 48.8 Å². The van der Waals surface area contributed by atoms with Gasteiger partial charge in [0.05, 0.1) is 0 Å². The van der Waals surface area contributed by atoms with Crippen molar-refractivity contribution in [3.63, 3.8) is 0 Å². The Bertz CT molecular complexity index is 550. The Morgan fingerprint density at radius 1 is 1.16 bits per heavy atom. The van der Waals surface area contributed by atoms with E-state index in [1.165, 1.54) is 18.1 Å². The third-order valence-corrected chi connectivity index (χ3v) is 3.96. The molecule has 19 heavy (non-hydrogen) atoms. The number of nitrogens with zero attached hydrogens (tertiary/aromatic N) is 1. The fraction of sp³-hybridized carbons (Fsp3) is 0.312. The van der Waals surface area contributed by atoms with Crippen LogP contribution in [0.3, 0.4) is 0 Å². The SMILES string of the molecule is Fc1cccc(CNC2(c3ccncc3)CCC2)c1. The van der Waals surface area contributed by atoms with E-state index in [4.69, 9.17) is 0 Å². The number of nitrogens with one attached hydrogen (secondary N) is 1. The molecular weight excluding hydrogens is 239 g/mol. The van der Waals surface area contributed by atoms with Gasteiger partial charge in [0, 0.05) is 24.5 Å². The topological polar surface area (TPSA) is 24.9 Å². The predicted molar refractivity (Wildman–Crippen MR) is 73.0 cm³/mol. The van der Waals surface area contributed by atoms with Gasteiger partial charge in [-0.15, -0.1) is 0 Å². The van der Waals surface area contributed by atoms with E-state index >= 15 is 0 Å². The minimum atomic E-state index is -0.175. The summed E-state index contributed by atoms with van der Waals surface area (Å²) in [5, 5.41) is 3.60. The standard InChI is InChI=1S/C16H17FN2/c17-15-4-1-3-13(11-15)12-19-16(7-2-8-16)14-5-9-18-10-6-14/h1,3-6,9-11,19H,2,7-8,12H2. The average Bonchev–Trinajstić information content (AvgIpc) is 2.39. The zero-order chi connectivity index (χ0) is 13.1. The first-order chi connectivity index (χ1) is 9.28. The Hall–Kier alpha value is -1.74. The van der Waals surface area contributed by atoms with Gasteiger partial charge in [0.1, 0.15) is 5.82 Å². The molecule has 0 radical (unpaired) electrons. The first-order valence-electron chi connectivity index (χ1n) is 6.68. The number of rotatable bonds is 4. The molecule has 0 spiro atoms. The van der Waals surface area contributed by atoms with Gasteiger partial charge in [-0.1, -0.05) is 12.1 Å². The minimum absolute atomic E-state index is 0.0509. The van der Waals surface area contributed by atoms with Crippen molar-refractivity contribution in [2.24, 2.45) is 0 Å². The van der Waals surface area contributed by atoms with Crippen LogP contribution in [0.4, 0.5) is 4.39 Å². The molecule has 2 nitrogen and oxygen atoms in total. The molecule has 1 fully saturated rings. The van der Waals surface area contributed by atoms with E-state index in [1.54, 1.807) is 12.1 Å². The van der Waals surface area contributed by atoms with Crippen LogP contribution in [0.2, 0.25) is 0 Å². The summed E-state index contributed by atoms with van der Waals surface area (Å²) in [5.74, 6) is -0.175. The van der Waals surface area contributed by atoms with Gasteiger partial charge in [0.15, 0.2) is 0 Å². The van der Waals surface area contributed by atoms with Gasteiger partial charge >= 0.3 is 0 Å². The van der Waals surface area contributed by atoms with Gasteiger partial charge in [-0.25, -0.2) is 4.39 Å². The highest BCUT2D eigenvalue weighted by Gasteiger charge is 2.37. The molecule has 1 saturated carbocycles. The molecule has 3 rings (SSSR count). The normalized spacial score (nSPS) is 16.9. The Morgan fingerprint density at radius 2 is 1.95 bits per heavy atom. The molecule has 0 saturated heterocycles. The Morgan fingerprint density at radius 3 is 2.58 bits per heavy atom. The van der Waals surface area contributed by atoms with Crippen molar-refractivity contribution in [2.75, 3.05) is 0 Å². The highest BCUT2D eigenvalue weighted by molar-refractivity contribution is 5.25. The second kappa shape index (κ2) is 5.10. The van der Waals surface area contributed by atoms with Gasteiger partial charge in [0.2, 0.25) is 0 Å². The van der Waals surface area contributed by atoms with Crippen LogP contribution in [0.1, 0.15) is 30.4 Å². The maximum absolute atomic E-state index is 13.2. The van der Waals surface area contributed by atoms with Crippen molar-refractivity contribution < 1.29 is 4.39 Å². The van der Waals surface area contributed by atoms with Gasteiger partial charge in [-0.2, -0.15) is 0 Å². The van der Waals surface area contributed by atoms with E-state index in [9.17, 15) is 4.39 Å². The maximum atomic E-state index is 13.2. The van der Waals surface area contributed by atoms with Crippen molar-refractivity contribution in [1.82, 2.24) is 10.3 Å². The van der Waals surface area contributed by atoms with Gasteiger partial charge in [0.25, 0.3) is 0 Å². The van der Waals surface area contributed by atoms with Crippen molar-refractivity contribution in [3.8, 4) is 0 Å². The molecule has 1 heterocycles. The Balaban J connectivity index is 1.74. The summed E-state index contributed by atoms with van der Waals surface area (Å²) in [6.45, 7) is 0.695. The lowest BCUT2D eigenvalue weighted by atomic mass is 9.72. The molecule has 0 bridgehead atoms. The Kier molecular flexibility index (Phi) is 3.30. The molecule has 0 unspecified atom stereocenters. The molecule has 1 aliphatic carbocycles. The van der Waals surface area contributed by atoms with E-state index in [0.717, 1.165) is 18.4 Å². The van der Waals surface area contributed by atoms with E-state index in [-0.39, 0.29) is 11.4 Å². The van der Waals surface area contributed by atoms with Crippen LogP contribution in [0.5, 0.6) is 0 Å². The van der Waals surface area contributed by atoms with E-state index < -0.39 is 0 Å². The van der Waals surface area contributed by atoms with Crippen LogP contribution in [0.25, 0.3) is 0 Å². The highest BCUT2D eigenvalue weighted by atomic mass is 19.1. The van der Waals surface area contributed by atoms with E-state index in [2.05, 4.69) is 22.4 Å². The molecule has 3 heteroatoms. The lowest BCUT2D eigenvalue weighted by molar-refractivity contribution is 0.183. The minimum Gasteiger partial charge on any atom is -0.303 e. The van der Waals surface area contributed by atoms with Crippen LogP contribution in [-0.4, -0.2) is 4.98 Å².